The van der Waals surface area contributed by atoms with E-state index in [1.807, 2.05) is 6.92 Å². The number of hydrogen-bond donors (Lipinski definition) is 0. The zero-order valence-corrected chi connectivity index (χ0v) is 9.91. The van der Waals surface area contributed by atoms with Gasteiger partial charge in [0.05, 0.1) is 7.11 Å². The molecule has 1 rings (SSSR count). The maximum absolute atomic E-state index is 11.6. The molecule has 0 saturated heterocycles. The van der Waals surface area contributed by atoms with Crippen LogP contribution in [0.1, 0.15) is 39.0 Å². The first-order valence-electron chi connectivity index (χ1n) is 5.74. The number of hydrogen-bond acceptors (Lipinski definition) is 3. The van der Waals surface area contributed by atoms with E-state index in [0.717, 1.165) is 12.8 Å². The first kappa shape index (κ1) is 12.8. The molecular weight excluding hydrogens is 204 g/mol. The van der Waals surface area contributed by atoms with Gasteiger partial charge in [-0.05, 0) is 12.3 Å². The highest BCUT2D eigenvalue weighted by molar-refractivity contribution is 5.84. The zero-order valence-electron chi connectivity index (χ0n) is 9.91. The van der Waals surface area contributed by atoms with Gasteiger partial charge in [0, 0.05) is 31.6 Å². The second kappa shape index (κ2) is 6.32. The molecule has 1 aliphatic carbocycles. The molecule has 0 amide bonds. The van der Waals surface area contributed by atoms with Crippen molar-refractivity contribution in [1.82, 2.24) is 0 Å². The van der Waals surface area contributed by atoms with Crippen LogP contribution >= 0.6 is 0 Å². The van der Waals surface area contributed by atoms with Crippen molar-refractivity contribution in [2.45, 2.75) is 39.0 Å². The Balaban J connectivity index is 2.55. The third-order valence-electron chi connectivity index (χ3n) is 3.02. The minimum Gasteiger partial charge on any atom is -0.469 e. The molecular formula is C13H18O3. The Labute approximate surface area is 96.5 Å². The lowest BCUT2D eigenvalue weighted by molar-refractivity contribution is -0.142. The Morgan fingerprint density at radius 2 is 2.25 bits per heavy atom. The van der Waals surface area contributed by atoms with Gasteiger partial charge in [-0.25, -0.2) is 0 Å². The molecule has 0 unspecified atom stereocenters. The summed E-state index contributed by atoms with van der Waals surface area (Å²) in [5.41, 5.74) is 0. The predicted octanol–water partition coefficient (Wildman–Crippen LogP) is 1.95. The van der Waals surface area contributed by atoms with Gasteiger partial charge in [-0.1, -0.05) is 6.92 Å². The van der Waals surface area contributed by atoms with Crippen molar-refractivity contribution in [3.05, 3.63) is 0 Å². The van der Waals surface area contributed by atoms with Crippen LogP contribution in [-0.2, 0) is 14.3 Å². The van der Waals surface area contributed by atoms with E-state index >= 15 is 0 Å². The average molecular weight is 222 g/mol. The molecule has 3 heteroatoms. The Morgan fingerprint density at radius 1 is 1.50 bits per heavy atom. The van der Waals surface area contributed by atoms with Crippen molar-refractivity contribution in [2.24, 2.45) is 11.8 Å². The SMILES string of the molecule is CCC#CC[C@H]1C(=O)CC[C@@H]1CC(=O)OC. The summed E-state index contributed by atoms with van der Waals surface area (Å²) in [5.74, 6) is 6.07. The summed E-state index contributed by atoms with van der Waals surface area (Å²) in [5, 5.41) is 0. The highest BCUT2D eigenvalue weighted by Gasteiger charge is 2.35. The molecule has 88 valence electrons. The average Bonchev–Trinajstić information content (AvgIpc) is 2.61. The second-order valence-electron chi connectivity index (χ2n) is 4.06. The van der Waals surface area contributed by atoms with Gasteiger partial charge in [-0.2, -0.15) is 0 Å². The van der Waals surface area contributed by atoms with Crippen LogP contribution in [0.4, 0.5) is 0 Å². The summed E-state index contributed by atoms with van der Waals surface area (Å²) in [6.07, 6.45) is 3.13. The monoisotopic (exact) mass is 222 g/mol. The van der Waals surface area contributed by atoms with Crippen LogP contribution in [0, 0.1) is 23.7 Å². The summed E-state index contributed by atoms with van der Waals surface area (Å²) in [6.45, 7) is 1.98. The van der Waals surface area contributed by atoms with Gasteiger partial charge >= 0.3 is 5.97 Å². The summed E-state index contributed by atoms with van der Waals surface area (Å²) in [7, 11) is 1.38. The van der Waals surface area contributed by atoms with Gasteiger partial charge in [-0.3, -0.25) is 9.59 Å². The van der Waals surface area contributed by atoms with Crippen LogP contribution in [0.15, 0.2) is 0 Å². The molecule has 1 aliphatic rings. The van der Waals surface area contributed by atoms with Crippen molar-refractivity contribution < 1.29 is 14.3 Å². The fourth-order valence-electron chi connectivity index (χ4n) is 2.11. The molecule has 0 radical (unpaired) electrons. The molecule has 0 aromatic rings. The maximum Gasteiger partial charge on any atom is 0.305 e. The van der Waals surface area contributed by atoms with Crippen LogP contribution < -0.4 is 0 Å². The van der Waals surface area contributed by atoms with E-state index in [1.54, 1.807) is 0 Å². The number of ketones is 1. The van der Waals surface area contributed by atoms with E-state index in [9.17, 15) is 9.59 Å². The van der Waals surface area contributed by atoms with Crippen LogP contribution in [0.3, 0.4) is 0 Å². The molecule has 1 fully saturated rings. The number of carbonyl (C=O) groups excluding carboxylic acids is 2. The van der Waals surface area contributed by atoms with Crippen LogP contribution in [0.2, 0.25) is 0 Å². The Kier molecular flexibility index (Phi) is 5.04. The third kappa shape index (κ3) is 3.37. The molecule has 0 heterocycles. The molecule has 0 aromatic heterocycles. The molecule has 3 nitrogen and oxygen atoms in total. The molecule has 0 aromatic carbocycles. The lowest BCUT2D eigenvalue weighted by Gasteiger charge is -2.14. The highest BCUT2D eigenvalue weighted by Crippen LogP contribution is 2.33. The minimum atomic E-state index is -0.229. The molecule has 0 bridgehead atoms. The van der Waals surface area contributed by atoms with E-state index in [4.69, 9.17) is 0 Å². The maximum atomic E-state index is 11.6. The normalized spacial score (nSPS) is 23.8. The standard InChI is InChI=1S/C13H18O3/c1-3-4-5-6-11-10(7-8-12(11)14)9-13(15)16-2/h10-11H,3,6-9H2,1-2H3/t10-,11-/m1/s1. The van der Waals surface area contributed by atoms with Crippen LogP contribution in [0.5, 0.6) is 0 Å². The Hall–Kier alpha value is -1.30. The van der Waals surface area contributed by atoms with E-state index < -0.39 is 0 Å². The quantitative estimate of drug-likeness (QED) is 0.541. The molecule has 2 atom stereocenters. The van der Waals surface area contributed by atoms with Gasteiger partial charge in [0.2, 0.25) is 0 Å². The largest absolute Gasteiger partial charge is 0.469 e. The van der Waals surface area contributed by atoms with Gasteiger partial charge in [-0.15, -0.1) is 11.8 Å². The van der Waals surface area contributed by atoms with Crippen molar-refractivity contribution >= 4 is 11.8 Å². The molecule has 0 N–H and O–H groups in total. The van der Waals surface area contributed by atoms with E-state index in [0.29, 0.717) is 19.3 Å². The number of Topliss-reactive ketones (excluding diaryl/α,β-unsaturated/α-hetero) is 1. The second-order valence-corrected chi connectivity index (χ2v) is 4.06. The van der Waals surface area contributed by atoms with E-state index in [1.165, 1.54) is 7.11 Å². The van der Waals surface area contributed by atoms with Crippen molar-refractivity contribution in [3.63, 3.8) is 0 Å². The lowest BCUT2D eigenvalue weighted by atomic mass is 9.90. The van der Waals surface area contributed by atoms with Gasteiger partial charge < -0.3 is 4.74 Å². The van der Waals surface area contributed by atoms with Crippen molar-refractivity contribution in [2.75, 3.05) is 7.11 Å². The molecule has 16 heavy (non-hydrogen) atoms. The Morgan fingerprint density at radius 3 is 2.88 bits per heavy atom. The first-order chi connectivity index (χ1) is 7.69. The fraction of sp³-hybridized carbons (Fsp3) is 0.692. The number of ether oxygens (including phenoxy) is 1. The summed E-state index contributed by atoms with van der Waals surface area (Å²) in [6, 6.07) is 0. The number of carbonyl (C=O) groups is 2. The van der Waals surface area contributed by atoms with E-state index in [2.05, 4.69) is 16.6 Å². The Bertz CT molecular complexity index is 322. The first-order valence-corrected chi connectivity index (χ1v) is 5.74. The summed E-state index contributed by atoms with van der Waals surface area (Å²) < 4.78 is 4.64. The number of rotatable bonds is 3. The lowest BCUT2D eigenvalue weighted by Crippen LogP contribution is -2.18. The smallest absolute Gasteiger partial charge is 0.305 e. The van der Waals surface area contributed by atoms with Gasteiger partial charge in [0.25, 0.3) is 0 Å². The van der Waals surface area contributed by atoms with Gasteiger partial charge in [0.15, 0.2) is 0 Å². The molecule has 1 saturated carbocycles. The van der Waals surface area contributed by atoms with E-state index in [-0.39, 0.29) is 23.6 Å². The summed E-state index contributed by atoms with van der Waals surface area (Å²) in [4.78, 5) is 22.8. The minimum absolute atomic E-state index is 0.0573. The van der Waals surface area contributed by atoms with Crippen molar-refractivity contribution in [3.8, 4) is 11.8 Å². The molecule has 0 aliphatic heterocycles. The fourth-order valence-corrected chi connectivity index (χ4v) is 2.11. The predicted molar refractivity (Wildman–Crippen MR) is 60.5 cm³/mol. The zero-order chi connectivity index (χ0) is 12.0. The number of methoxy groups -OCH3 is 1. The summed E-state index contributed by atoms with van der Waals surface area (Å²) >= 11 is 0. The molecule has 0 spiro atoms. The third-order valence-corrected chi connectivity index (χ3v) is 3.02. The highest BCUT2D eigenvalue weighted by atomic mass is 16.5. The number of esters is 1. The van der Waals surface area contributed by atoms with Crippen LogP contribution in [-0.4, -0.2) is 18.9 Å². The van der Waals surface area contributed by atoms with Gasteiger partial charge in [0.1, 0.15) is 5.78 Å². The topological polar surface area (TPSA) is 43.4 Å². The van der Waals surface area contributed by atoms with Crippen molar-refractivity contribution in [1.29, 1.82) is 0 Å². The van der Waals surface area contributed by atoms with Crippen LogP contribution in [0.25, 0.3) is 0 Å².